The molecule has 3 aliphatic heterocycles. The van der Waals surface area contributed by atoms with Crippen molar-refractivity contribution in [3.8, 4) is 0 Å². The van der Waals surface area contributed by atoms with E-state index < -0.39 is 86.0 Å². The summed E-state index contributed by atoms with van der Waals surface area (Å²) in [5.74, 6) is -0.363. The van der Waals surface area contributed by atoms with E-state index >= 15 is 0 Å². The summed E-state index contributed by atoms with van der Waals surface area (Å²) < 4.78 is 99.6. The molecule has 1 N–H and O–H groups in total. The molecule has 16 heteroatoms. The van der Waals surface area contributed by atoms with Crippen molar-refractivity contribution in [1.29, 1.82) is 0 Å². The van der Waals surface area contributed by atoms with Gasteiger partial charge in [0.05, 0.1) is 78.8 Å². The lowest BCUT2D eigenvalue weighted by molar-refractivity contribution is -0.376. The standard InChI is InChI=1S/C84H99NO15/c1-3-4-5-6-7-32-49-90-84-82(81(95-58-70-47-30-15-31-48-70)78(93-56-68-43-26-13-27-44-68)73(98-84)60-88-52-64-35-18-9-19-36-64)100-83-76(85-62(2)86)80(94-57-69-45-28-14-29-46-69)79(74(97-83)61-89-53-65-37-20-10-21-38-65)99-75-50-71(91-54-66-39-22-11-23-40-66)77(92-55-67-41-24-12-25-42-67)72(96-75)59-87-51-63-33-16-8-17-34-63/h8-31,33-48,71-84H,3-7,32,49-61H2,1-2H3,(H,85,86)/t71-,72-,73-,74-,75+,76-,77-,78-,79-,80-,81+,82+,83+,84+/m1/s1. The zero-order chi connectivity index (χ0) is 68.6. The first kappa shape index (κ1) is 73.9. The summed E-state index contributed by atoms with van der Waals surface area (Å²) in [6, 6.07) is 79.1. The van der Waals surface area contributed by atoms with Gasteiger partial charge in [0.2, 0.25) is 5.91 Å². The van der Waals surface area contributed by atoms with Crippen molar-refractivity contribution in [2.24, 2.45) is 0 Å². The van der Waals surface area contributed by atoms with Crippen LogP contribution in [0.15, 0.2) is 243 Å². The third kappa shape index (κ3) is 23.4. The Hall–Kier alpha value is -7.33. The minimum Gasteiger partial charge on any atom is -0.374 e. The van der Waals surface area contributed by atoms with Crippen LogP contribution in [0.5, 0.6) is 0 Å². The molecule has 1 amide bonds. The maximum atomic E-state index is 14.2. The molecule has 0 spiro atoms. The van der Waals surface area contributed by atoms with Gasteiger partial charge < -0.3 is 71.6 Å². The van der Waals surface area contributed by atoms with Crippen molar-refractivity contribution in [1.82, 2.24) is 5.32 Å². The molecule has 3 aliphatic rings. The Morgan fingerprint density at radius 1 is 0.350 bits per heavy atom. The fourth-order valence-electron chi connectivity index (χ4n) is 12.9. The number of benzene rings is 8. The quantitative estimate of drug-likeness (QED) is 0.0361. The van der Waals surface area contributed by atoms with Crippen LogP contribution in [0.2, 0.25) is 0 Å². The summed E-state index contributed by atoms with van der Waals surface area (Å²) in [5.41, 5.74) is 7.74. The van der Waals surface area contributed by atoms with Crippen LogP contribution in [0.4, 0.5) is 0 Å². The third-order valence-electron chi connectivity index (χ3n) is 18.1. The molecule has 8 aromatic carbocycles. The molecule has 11 rings (SSSR count). The van der Waals surface area contributed by atoms with E-state index in [2.05, 4.69) is 12.2 Å². The number of rotatable bonds is 40. The van der Waals surface area contributed by atoms with Crippen LogP contribution in [0, 0.1) is 0 Å². The highest BCUT2D eigenvalue weighted by atomic mass is 16.8. The van der Waals surface area contributed by atoms with Gasteiger partial charge in [-0.15, -0.1) is 0 Å². The SMILES string of the molecule is CCCCCCCCO[C@H]1O[C@H](COCc2ccccc2)[C@@H](OCc2ccccc2)[C@H](OCc2ccccc2)[C@@H]1O[C@@H]1O[C@H](COCc2ccccc2)[C@@H](O[C@H]2C[C@@H](OCc3ccccc3)[C@@H](OCc3ccccc3)[C@@H](COCc3ccccc3)O2)[C@H](OCc2ccccc2)[C@H]1NC(C)=O. The summed E-state index contributed by atoms with van der Waals surface area (Å²) in [4.78, 5) is 14.2. The molecule has 0 radical (unpaired) electrons. The molecule has 0 bridgehead atoms. The molecule has 100 heavy (non-hydrogen) atoms. The van der Waals surface area contributed by atoms with Gasteiger partial charge in [0, 0.05) is 20.0 Å². The Labute approximate surface area is 590 Å². The van der Waals surface area contributed by atoms with Gasteiger partial charge in [0.25, 0.3) is 0 Å². The van der Waals surface area contributed by atoms with E-state index in [0.29, 0.717) is 33.0 Å². The molecular weight excluding hydrogens is 1260 g/mol. The molecule has 14 atom stereocenters. The second-order valence-corrected chi connectivity index (χ2v) is 25.9. The van der Waals surface area contributed by atoms with Crippen molar-refractivity contribution in [3.05, 3.63) is 287 Å². The lowest BCUT2D eigenvalue weighted by Gasteiger charge is -2.51. The molecule has 0 saturated carbocycles. The number of carbonyl (C=O) groups is 1. The van der Waals surface area contributed by atoms with Crippen molar-refractivity contribution in [2.75, 3.05) is 26.4 Å². The Morgan fingerprint density at radius 2 is 0.700 bits per heavy atom. The number of hydrogen-bond acceptors (Lipinski definition) is 15. The van der Waals surface area contributed by atoms with Gasteiger partial charge in [0.1, 0.15) is 61.0 Å². The topological polar surface area (TPSA) is 158 Å². The van der Waals surface area contributed by atoms with Gasteiger partial charge in [-0.25, -0.2) is 0 Å². The van der Waals surface area contributed by atoms with Crippen LogP contribution in [0.3, 0.4) is 0 Å². The van der Waals surface area contributed by atoms with Crippen LogP contribution < -0.4 is 5.32 Å². The second kappa shape index (κ2) is 40.9. The predicted molar refractivity (Wildman–Crippen MR) is 381 cm³/mol. The van der Waals surface area contributed by atoms with Crippen LogP contribution in [0.25, 0.3) is 0 Å². The molecule has 0 aliphatic carbocycles. The smallest absolute Gasteiger partial charge is 0.217 e. The molecular formula is C84H99NO15. The first-order valence-electron chi connectivity index (χ1n) is 35.7. The zero-order valence-corrected chi connectivity index (χ0v) is 57.7. The largest absolute Gasteiger partial charge is 0.374 e. The number of carbonyl (C=O) groups excluding carboxylic acids is 1. The molecule has 3 fully saturated rings. The molecule has 3 heterocycles. The average molecular weight is 1360 g/mol. The van der Waals surface area contributed by atoms with E-state index in [1.165, 1.54) is 13.3 Å². The fraction of sp³-hybridized carbons (Fsp3) is 0.417. The number of nitrogens with one attached hydrogen (secondary N) is 1. The second-order valence-electron chi connectivity index (χ2n) is 25.9. The first-order chi connectivity index (χ1) is 49.4. The van der Waals surface area contributed by atoms with Crippen molar-refractivity contribution >= 4 is 5.91 Å². The van der Waals surface area contributed by atoms with Gasteiger partial charge >= 0.3 is 0 Å². The Bertz CT molecular complexity index is 3480. The summed E-state index contributed by atoms with van der Waals surface area (Å²) in [5, 5.41) is 3.28. The highest BCUT2D eigenvalue weighted by Crippen LogP contribution is 2.38. The summed E-state index contributed by atoms with van der Waals surface area (Å²) in [7, 11) is 0. The number of hydrogen-bond donors (Lipinski definition) is 1. The minimum absolute atomic E-state index is 0.0127. The Balaban J connectivity index is 0.976. The van der Waals surface area contributed by atoms with Crippen LogP contribution >= 0.6 is 0 Å². The van der Waals surface area contributed by atoms with Gasteiger partial charge in [-0.05, 0) is 50.9 Å². The van der Waals surface area contributed by atoms with Gasteiger partial charge in [0.15, 0.2) is 18.9 Å². The third-order valence-corrected chi connectivity index (χ3v) is 18.1. The normalized spacial score (nSPS) is 24.5. The first-order valence-corrected chi connectivity index (χ1v) is 35.7. The van der Waals surface area contributed by atoms with E-state index in [1.54, 1.807) is 0 Å². The maximum absolute atomic E-state index is 14.2. The Kier molecular flexibility index (Phi) is 30.2. The number of amides is 1. The summed E-state index contributed by atoms with van der Waals surface area (Å²) in [6.07, 6.45) is -5.19. The number of unbranched alkanes of at least 4 members (excludes halogenated alkanes) is 5. The van der Waals surface area contributed by atoms with Crippen LogP contribution in [-0.2, 0) is 124 Å². The molecule has 0 aromatic heterocycles. The summed E-state index contributed by atoms with van der Waals surface area (Å²) in [6.45, 7) is 6.32. The molecule has 0 unspecified atom stereocenters. The highest BCUT2D eigenvalue weighted by molar-refractivity contribution is 5.73. The predicted octanol–water partition coefficient (Wildman–Crippen LogP) is 14.8. The maximum Gasteiger partial charge on any atom is 0.217 e. The van der Waals surface area contributed by atoms with Gasteiger partial charge in [-0.2, -0.15) is 0 Å². The highest BCUT2D eigenvalue weighted by Gasteiger charge is 2.56. The van der Waals surface area contributed by atoms with Crippen LogP contribution in [0.1, 0.15) is 103 Å². The Morgan fingerprint density at radius 3 is 1.13 bits per heavy atom. The lowest BCUT2D eigenvalue weighted by atomic mass is 9.94. The fourth-order valence-corrected chi connectivity index (χ4v) is 12.9. The van der Waals surface area contributed by atoms with Gasteiger partial charge in [-0.3, -0.25) is 4.79 Å². The minimum atomic E-state index is -1.30. The van der Waals surface area contributed by atoms with E-state index in [-0.39, 0.29) is 58.6 Å². The number of ether oxygens (including phenoxy) is 14. The van der Waals surface area contributed by atoms with Crippen molar-refractivity contribution in [2.45, 2.75) is 198 Å². The average Bonchev–Trinajstić information content (AvgIpc) is 0.766. The molecule has 16 nitrogen and oxygen atoms in total. The van der Waals surface area contributed by atoms with Crippen molar-refractivity contribution < 1.29 is 71.1 Å². The van der Waals surface area contributed by atoms with E-state index in [9.17, 15) is 4.79 Å². The molecule has 8 aromatic rings. The van der Waals surface area contributed by atoms with Crippen molar-refractivity contribution in [3.63, 3.8) is 0 Å². The van der Waals surface area contributed by atoms with E-state index in [4.69, 9.17) is 66.3 Å². The van der Waals surface area contributed by atoms with E-state index in [1.807, 2.05) is 243 Å². The van der Waals surface area contributed by atoms with E-state index in [0.717, 1.165) is 76.6 Å². The molecule has 530 valence electrons. The lowest BCUT2D eigenvalue weighted by Crippen LogP contribution is -2.69. The zero-order valence-electron chi connectivity index (χ0n) is 57.7. The van der Waals surface area contributed by atoms with Crippen LogP contribution in [-0.4, -0.2) is 118 Å². The summed E-state index contributed by atoms with van der Waals surface area (Å²) >= 11 is 0. The molecule has 3 saturated heterocycles. The monoisotopic (exact) mass is 1360 g/mol. The van der Waals surface area contributed by atoms with Gasteiger partial charge in [-0.1, -0.05) is 282 Å².